The second kappa shape index (κ2) is 8.18. The normalized spacial score (nSPS) is 19.5. The summed E-state index contributed by atoms with van der Waals surface area (Å²) in [5, 5.41) is 3.02. The first-order valence-corrected chi connectivity index (χ1v) is 10.1. The molecule has 1 unspecified atom stereocenters. The number of hydrogen-bond acceptors (Lipinski definition) is 6. The molecule has 1 aromatic carbocycles. The van der Waals surface area contributed by atoms with Gasteiger partial charge in [0, 0.05) is 13.0 Å². The highest BCUT2D eigenvalue weighted by Gasteiger charge is 2.46. The monoisotopic (exact) mass is 405 g/mol. The van der Waals surface area contributed by atoms with Crippen LogP contribution < -0.4 is 5.32 Å². The van der Waals surface area contributed by atoms with Crippen molar-refractivity contribution in [1.29, 1.82) is 0 Å². The Balaban J connectivity index is 1.73. The lowest BCUT2D eigenvalue weighted by Gasteiger charge is -2.34. The van der Waals surface area contributed by atoms with Gasteiger partial charge < -0.3 is 5.32 Å². The largest absolute Gasteiger partial charge is 0.371 e. The van der Waals surface area contributed by atoms with E-state index in [4.69, 9.17) is 12.2 Å². The van der Waals surface area contributed by atoms with Gasteiger partial charge in [-0.15, -0.1) is 0 Å². The SMILES string of the molecule is CCCNC(=S)SCN1C(=O)CCC(N2C(=O)c3ccccc3C2=O)C1=O. The summed E-state index contributed by atoms with van der Waals surface area (Å²) in [6.07, 6.45) is 1.15. The fourth-order valence-electron chi connectivity index (χ4n) is 3.09. The van der Waals surface area contributed by atoms with E-state index in [0.29, 0.717) is 10.9 Å². The summed E-state index contributed by atoms with van der Waals surface area (Å²) in [5.74, 6) is -1.77. The third-order valence-corrected chi connectivity index (χ3v) is 5.76. The number of thiocarbonyl (C=S) groups is 1. The molecule has 0 spiro atoms. The molecule has 2 aliphatic rings. The zero-order valence-electron chi connectivity index (χ0n) is 14.8. The smallest absolute Gasteiger partial charge is 0.262 e. The van der Waals surface area contributed by atoms with Crippen LogP contribution in [-0.2, 0) is 9.59 Å². The Morgan fingerprint density at radius 1 is 1.19 bits per heavy atom. The predicted octanol–water partition coefficient (Wildman–Crippen LogP) is 1.78. The minimum absolute atomic E-state index is 0.0624. The van der Waals surface area contributed by atoms with Crippen LogP contribution in [0.4, 0.5) is 0 Å². The van der Waals surface area contributed by atoms with Crippen LogP contribution in [0.5, 0.6) is 0 Å². The van der Waals surface area contributed by atoms with Crippen molar-refractivity contribution in [2.75, 3.05) is 12.4 Å². The Hall–Kier alpha value is -2.26. The Morgan fingerprint density at radius 3 is 2.41 bits per heavy atom. The zero-order valence-corrected chi connectivity index (χ0v) is 16.4. The first-order chi connectivity index (χ1) is 13.0. The maximum atomic E-state index is 12.9. The molecule has 0 saturated carbocycles. The summed E-state index contributed by atoms with van der Waals surface area (Å²) in [7, 11) is 0. The molecule has 9 heteroatoms. The molecule has 0 bridgehead atoms. The Morgan fingerprint density at radius 2 is 1.81 bits per heavy atom. The van der Waals surface area contributed by atoms with Crippen molar-refractivity contribution in [2.45, 2.75) is 32.2 Å². The highest BCUT2D eigenvalue weighted by atomic mass is 32.2. The van der Waals surface area contributed by atoms with Crippen molar-refractivity contribution in [1.82, 2.24) is 15.1 Å². The third kappa shape index (κ3) is 3.74. The number of imide groups is 2. The van der Waals surface area contributed by atoms with Gasteiger partial charge in [0.25, 0.3) is 17.7 Å². The van der Waals surface area contributed by atoms with E-state index < -0.39 is 23.8 Å². The molecular formula is C18H19N3O4S2. The van der Waals surface area contributed by atoms with E-state index in [0.717, 1.165) is 16.2 Å². The van der Waals surface area contributed by atoms with Crippen molar-refractivity contribution in [2.24, 2.45) is 0 Å². The van der Waals surface area contributed by atoms with E-state index in [1.54, 1.807) is 24.3 Å². The van der Waals surface area contributed by atoms with Gasteiger partial charge in [0.1, 0.15) is 10.4 Å². The quantitative estimate of drug-likeness (QED) is 0.590. The fourth-order valence-corrected chi connectivity index (χ4v) is 4.07. The lowest BCUT2D eigenvalue weighted by molar-refractivity contribution is -0.150. The molecule has 0 aliphatic carbocycles. The molecule has 2 heterocycles. The van der Waals surface area contributed by atoms with Crippen molar-refractivity contribution < 1.29 is 19.2 Å². The molecule has 2 aliphatic heterocycles. The van der Waals surface area contributed by atoms with Gasteiger partial charge in [0.15, 0.2) is 0 Å². The van der Waals surface area contributed by atoms with Crippen LogP contribution >= 0.6 is 24.0 Å². The predicted molar refractivity (Wildman–Crippen MR) is 105 cm³/mol. The van der Waals surface area contributed by atoms with Crippen LogP contribution in [0.3, 0.4) is 0 Å². The average molecular weight is 406 g/mol. The van der Waals surface area contributed by atoms with Crippen LogP contribution in [0.1, 0.15) is 46.9 Å². The number of thioether (sulfide) groups is 1. The van der Waals surface area contributed by atoms with Gasteiger partial charge in [-0.1, -0.05) is 43.0 Å². The topological polar surface area (TPSA) is 86.8 Å². The van der Waals surface area contributed by atoms with Gasteiger partial charge >= 0.3 is 0 Å². The van der Waals surface area contributed by atoms with Crippen molar-refractivity contribution in [3.05, 3.63) is 35.4 Å². The second-order valence-corrected chi connectivity index (χ2v) is 7.85. The molecule has 1 saturated heterocycles. The van der Waals surface area contributed by atoms with Crippen LogP contribution in [0, 0.1) is 0 Å². The van der Waals surface area contributed by atoms with E-state index >= 15 is 0 Å². The van der Waals surface area contributed by atoms with Gasteiger partial charge in [-0.25, -0.2) is 0 Å². The Kier molecular flexibility index (Phi) is 5.91. The lowest BCUT2D eigenvalue weighted by atomic mass is 10.0. The Labute approximate surface area is 166 Å². The highest BCUT2D eigenvalue weighted by molar-refractivity contribution is 8.22. The van der Waals surface area contributed by atoms with Gasteiger partial charge in [0.2, 0.25) is 5.91 Å². The van der Waals surface area contributed by atoms with Crippen LogP contribution in [0.2, 0.25) is 0 Å². The molecule has 1 aromatic rings. The summed E-state index contributed by atoms with van der Waals surface area (Å²) >= 11 is 6.35. The first-order valence-electron chi connectivity index (χ1n) is 8.67. The standard InChI is InChI=1S/C18H19N3O4S2/c1-2-9-19-18(26)27-10-20-14(22)8-7-13(17(20)25)21-15(23)11-5-3-4-6-12(11)16(21)24/h3-6,13H,2,7-10H2,1H3,(H,19,26). The summed E-state index contributed by atoms with van der Waals surface area (Å²) in [4.78, 5) is 52.4. The number of likely N-dealkylation sites (tertiary alicyclic amines) is 1. The molecule has 27 heavy (non-hydrogen) atoms. The highest BCUT2D eigenvalue weighted by Crippen LogP contribution is 2.29. The number of carbonyl (C=O) groups is 4. The molecule has 1 fully saturated rings. The minimum Gasteiger partial charge on any atom is -0.371 e. The minimum atomic E-state index is -0.965. The number of amides is 4. The molecule has 0 radical (unpaired) electrons. The van der Waals surface area contributed by atoms with Crippen LogP contribution in [0.15, 0.2) is 24.3 Å². The molecule has 1 atom stereocenters. The third-order valence-electron chi connectivity index (χ3n) is 4.47. The summed E-state index contributed by atoms with van der Waals surface area (Å²) in [6.45, 7) is 2.72. The maximum Gasteiger partial charge on any atom is 0.262 e. The fraction of sp³-hybridized carbons (Fsp3) is 0.389. The number of piperidine rings is 1. The molecule has 4 amide bonds. The van der Waals surface area contributed by atoms with E-state index in [1.807, 2.05) is 6.92 Å². The molecule has 1 N–H and O–H groups in total. The summed E-state index contributed by atoms with van der Waals surface area (Å²) in [6, 6.07) is 5.52. The van der Waals surface area contributed by atoms with Crippen molar-refractivity contribution in [3.8, 4) is 0 Å². The zero-order chi connectivity index (χ0) is 19.6. The van der Waals surface area contributed by atoms with Crippen molar-refractivity contribution in [3.63, 3.8) is 0 Å². The number of nitrogens with zero attached hydrogens (tertiary/aromatic N) is 2. The van der Waals surface area contributed by atoms with Crippen molar-refractivity contribution >= 4 is 51.9 Å². The number of rotatable bonds is 5. The summed E-state index contributed by atoms with van der Waals surface area (Å²) in [5.41, 5.74) is 0.580. The molecule has 142 valence electrons. The van der Waals surface area contributed by atoms with E-state index in [9.17, 15) is 19.2 Å². The van der Waals surface area contributed by atoms with Crippen LogP contribution in [0.25, 0.3) is 0 Å². The van der Waals surface area contributed by atoms with E-state index in [1.165, 1.54) is 11.8 Å². The van der Waals surface area contributed by atoms with Gasteiger partial charge in [-0.3, -0.25) is 29.0 Å². The molecule has 0 aromatic heterocycles. The number of fused-ring (bicyclic) bond motifs is 1. The first kappa shape index (κ1) is 19.5. The molecule has 3 rings (SSSR count). The Bertz CT molecular complexity index is 792. The van der Waals surface area contributed by atoms with Gasteiger partial charge in [-0.2, -0.15) is 0 Å². The van der Waals surface area contributed by atoms with Gasteiger partial charge in [-0.05, 0) is 25.0 Å². The number of nitrogens with one attached hydrogen (secondary N) is 1. The number of benzene rings is 1. The lowest BCUT2D eigenvalue weighted by Crippen LogP contribution is -2.56. The van der Waals surface area contributed by atoms with E-state index in [-0.39, 0.29) is 35.8 Å². The molecule has 7 nitrogen and oxygen atoms in total. The second-order valence-electron chi connectivity index (χ2n) is 6.23. The maximum absolute atomic E-state index is 12.9. The van der Waals surface area contributed by atoms with Gasteiger partial charge in [0.05, 0.1) is 17.0 Å². The van der Waals surface area contributed by atoms with Crippen LogP contribution in [-0.4, -0.2) is 56.2 Å². The average Bonchev–Trinajstić information content (AvgIpc) is 2.91. The number of hydrogen-bond donors (Lipinski definition) is 1. The molecular weight excluding hydrogens is 386 g/mol. The van der Waals surface area contributed by atoms with E-state index in [2.05, 4.69) is 5.32 Å². The summed E-state index contributed by atoms with van der Waals surface area (Å²) < 4.78 is 0.500. The number of carbonyl (C=O) groups excluding carboxylic acids is 4.